The third kappa shape index (κ3) is 2.75. The number of rotatable bonds is 3. The van der Waals surface area contributed by atoms with Gasteiger partial charge in [0, 0.05) is 24.3 Å². The predicted octanol–water partition coefficient (Wildman–Crippen LogP) is 2.71. The van der Waals surface area contributed by atoms with Gasteiger partial charge in [0.05, 0.1) is 5.69 Å². The first-order valence-electron chi connectivity index (χ1n) is 6.70. The molecule has 5 nitrogen and oxygen atoms in total. The van der Waals surface area contributed by atoms with E-state index in [1.807, 2.05) is 18.2 Å². The van der Waals surface area contributed by atoms with E-state index in [-0.39, 0.29) is 11.8 Å². The molecule has 0 radical (unpaired) electrons. The molecule has 3 rings (SSSR count). The minimum absolute atomic E-state index is 0.126. The maximum atomic E-state index is 12.1. The van der Waals surface area contributed by atoms with Crippen LogP contribution in [0.15, 0.2) is 35.7 Å². The van der Waals surface area contributed by atoms with Gasteiger partial charge >= 0.3 is 0 Å². The van der Waals surface area contributed by atoms with Crippen LogP contribution in [0.1, 0.15) is 22.5 Å². The van der Waals surface area contributed by atoms with Crippen molar-refractivity contribution < 1.29 is 9.59 Å². The Balaban J connectivity index is 1.79. The van der Waals surface area contributed by atoms with Crippen LogP contribution in [0.3, 0.4) is 0 Å². The zero-order valence-corrected chi connectivity index (χ0v) is 12.2. The van der Waals surface area contributed by atoms with Crippen LogP contribution < -0.4 is 16.0 Å². The number of nitrogens with two attached hydrogens (primary N) is 1. The van der Waals surface area contributed by atoms with Gasteiger partial charge in [-0.1, -0.05) is 6.07 Å². The summed E-state index contributed by atoms with van der Waals surface area (Å²) in [5.41, 5.74) is 7.69. The molecule has 0 saturated carbocycles. The molecule has 1 aromatic heterocycles. The Hall–Kier alpha value is -2.34. The Morgan fingerprint density at radius 1 is 1.33 bits per heavy atom. The molecule has 6 heteroatoms. The maximum Gasteiger partial charge on any atom is 0.267 e. The van der Waals surface area contributed by atoms with E-state index in [4.69, 9.17) is 5.73 Å². The topological polar surface area (TPSA) is 75.4 Å². The fourth-order valence-electron chi connectivity index (χ4n) is 2.36. The largest absolute Gasteiger partial charge is 0.397 e. The van der Waals surface area contributed by atoms with E-state index in [9.17, 15) is 9.59 Å². The van der Waals surface area contributed by atoms with E-state index in [2.05, 4.69) is 5.32 Å². The molecule has 21 heavy (non-hydrogen) atoms. The molecule has 0 atom stereocenters. The summed E-state index contributed by atoms with van der Waals surface area (Å²) >= 11 is 1.31. The minimum atomic E-state index is -0.229. The smallest absolute Gasteiger partial charge is 0.267 e. The number of nitrogen functional groups attached to an aromatic ring is 1. The van der Waals surface area contributed by atoms with Gasteiger partial charge in [-0.2, -0.15) is 0 Å². The van der Waals surface area contributed by atoms with E-state index < -0.39 is 0 Å². The van der Waals surface area contributed by atoms with Gasteiger partial charge in [0.15, 0.2) is 0 Å². The summed E-state index contributed by atoms with van der Waals surface area (Å²) in [6.07, 6.45) is 1.46. The number of nitrogens with one attached hydrogen (secondary N) is 1. The lowest BCUT2D eigenvalue weighted by Gasteiger charge is -2.16. The first-order chi connectivity index (χ1) is 10.1. The molecule has 2 amide bonds. The molecule has 2 heterocycles. The van der Waals surface area contributed by atoms with Crippen molar-refractivity contribution in [2.45, 2.75) is 12.8 Å². The standard InChI is InChI=1S/C15H15N3O2S/c16-12-6-8-21-14(12)15(20)17-10-3-1-4-11(9-10)18-7-2-5-13(18)19/h1,3-4,6,8-9H,2,5,7,16H2,(H,17,20). The summed E-state index contributed by atoms with van der Waals surface area (Å²) in [6, 6.07) is 9.02. The monoisotopic (exact) mass is 301 g/mol. The van der Waals surface area contributed by atoms with Crippen molar-refractivity contribution >= 4 is 40.2 Å². The number of amides is 2. The van der Waals surface area contributed by atoms with E-state index in [0.717, 1.165) is 18.7 Å². The normalized spacial score (nSPS) is 14.5. The molecule has 1 aliphatic rings. The fourth-order valence-corrected chi connectivity index (χ4v) is 3.08. The number of hydrogen-bond acceptors (Lipinski definition) is 4. The van der Waals surface area contributed by atoms with Crippen LogP contribution in [0.4, 0.5) is 17.1 Å². The second-order valence-corrected chi connectivity index (χ2v) is 5.77. The predicted molar refractivity (Wildman–Crippen MR) is 84.7 cm³/mol. The average molecular weight is 301 g/mol. The summed E-state index contributed by atoms with van der Waals surface area (Å²) < 4.78 is 0. The lowest BCUT2D eigenvalue weighted by molar-refractivity contribution is -0.117. The molecule has 0 bridgehead atoms. The average Bonchev–Trinajstić information content (AvgIpc) is 3.07. The molecule has 1 aromatic carbocycles. The Bertz CT molecular complexity index is 696. The molecular weight excluding hydrogens is 286 g/mol. The van der Waals surface area contributed by atoms with Crippen molar-refractivity contribution in [1.82, 2.24) is 0 Å². The highest BCUT2D eigenvalue weighted by molar-refractivity contribution is 7.12. The Kier molecular flexibility index (Phi) is 3.62. The number of hydrogen-bond donors (Lipinski definition) is 2. The van der Waals surface area contributed by atoms with E-state index in [1.165, 1.54) is 11.3 Å². The van der Waals surface area contributed by atoms with Crippen LogP contribution in [0.2, 0.25) is 0 Å². The second kappa shape index (κ2) is 5.57. The van der Waals surface area contributed by atoms with Crippen molar-refractivity contribution in [1.29, 1.82) is 0 Å². The molecular formula is C15H15N3O2S. The molecule has 1 fully saturated rings. The number of nitrogens with zero attached hydrogens (tertiary/aromatic N) is 1. The van der Waals surface area contributed by atoms with Crippen LogP contribution in [-0.2, 0) is 4.79 Å². The van der Waals surface area contributed by atoms with E-state index in [1.54, 1.807) is 22.4 Å². The van der Waals surface area contributed by atoms with E-state index in [0.29, 0.717) is 22.7 Å². The molecule has 2 aromatic rings. The third-order valence-corrected chi connectivity index (χ3v) is 4.32. The van der Waals surface area contributed by atoms with Crippen LogP contribution in [0.5, 0.6) is 0 Å². The summed E-state index contributed by atoms with van der Waals surface area (Å²) in [7, 11) is 0. The number of carbonyl (C=O) groups excluding carboxylic acids is 2. The lowest BCUT2D eigenvalue weighted by Crippen LogP contribution is -2.23. The van der Waals surface area contributed by atoms with Crippen LogP contribution >= 0.6 is 11.3 Å². The van der Waals surface area contributed by atoms with Gasteiger partial charge in [-0.15, -0.1) is 11.3 Å². The molecule has 1 aliphatic heterocycles. The quantitative estimate of drug-likeness (QED) is 0.915. The summed E-state index contributed by atoms with van der Waals surface area (Å²) in [5.74, 6) is -0.103. The van der Waals surface area contributed by atoms with Crippen molar-refractivity contribution in [3.8, 4) is 0 Å². The summed E-state index contributed by atoms with van der Waals surface area (Å²) in [4.78, 5) is 26.1. The zero-order chi connectivity index (χ0) is 14.8. The van der Waals surface area contributed by atoms with Gasteiger partial charge in [-0.25, -0.2) is 0 Å². The molecule has 1 saturated heterocycles. The highest BCUT2D eigenvalue weighted by Gasteiger charge is 2.22. The Morgan fingerprint density at radius 3 is 2.86 bits per heavy atom. The van der Waals surface area contributed by atoms with Crippen molar-refractivity contribution in [2.75, 3.05) is 22.5 Å². The van der Waals surface area contributed by atoms with Gasteiger partial charge < -0.3 is 16.0 Å². The molecule has 0 unspecified atom stereocenters. The Morgan fingerprint density at radius 2 is 2.19 bits per heavy atom. The van der Waals surface area contributed by atoms with Gasteiger partial charge in [0.25, 0.3) is 5.91 Å². The first-order valence-corrected chi connectivity index (χ1v) is 7.58. The van der Waals surface area contributed by atoms with Crippen LogP contribution in [-0.4, -0.2) is 18.4 Å². The van der Waals surface area contributed by atoms with Gasteiger partial charge in [-0.3, -0.25) is 9.59 Å². The van der Waals surface area contributed by atoms with Crippen molar-refractivity contribution in [3.05, 3.63) is 40.6 Å². The summed E-state index contributed by atoms with van der Waals surface area (Å²) in [5, 5.41) is 4.60. The zero-order valence-electron chi connectivity index (χ0n) is 11.3. The van der Waals surface area contributed by atoms with Crippen molar-refractivity contribution in [3.63, 3.8) is 0 Å². The maximum absolute atomic E-state index is 12.1. The van der Waals surface area contributed by atoms with Crippen LogP contribution in [0, 0.1) is 0 Å². The second-order valence-electron chi connectivity index (χ2n) is 4.86. The molecule has 0 aliphatic carbocycles. The SMILES string of the molecule is Nc1ccsc1C(=O)Nc1cccc(N2CCCC2=O)c1. The number of carbonyl (C=O) groups is 2. The number of thiophene rings is 1. The van der Waals surface area contributed by atoms with E-state index >= 15 is 0 Å². The number of anilines is 3. The van der Waals surface area contributed by atoms with Gasteiger partial charge in [0.1, 0.15) is 4.88 Å². The molecule has 0 spiro atoms. The third-order valence-electron chi connectivity index (χ3n) is 3.39. The lowest BCUT2D eigenvalue weighted by atomic mass is 10.2. The Labute approximate surface area is 126 Å². The highest BCUT2D eigenvalue weighted by Crippen LogP contribution is 2.25. The van der Waals surface area contributed by atoms with Gasteiger partial charge in [-0.05, 0) is 36.1 Å². The highest BCUT2D eigenvalue weighted by atomic mass is 32.1. The van der Waals surface area contributed by atoms with Crippen LogP contribution in [0.25, 0.3) is 0 Å². The van der Waals surface area contributed by atoms with Gasteiger partial charge in [0.2, 0.25) is 5.91 Å². The minimum Gasteiger partial charge on any atom is -0.397 e. The summed E-state index contributed by atoms with van der Waals surface area (Å²) in [6.45, 7) is 0.730. The van der Waals surface area contributed by atoms with Crippen molar-refractivity contribution in [2.24, 2.45) is 0 Å². The fraction of sp³-hybridized carbons (Fsp3) is 0.200. The molecule has 3 N–H and O–H groups in total. The molecule has 108 valence electrons. The first kappa shape index (κ1) is 13.6. The number of benzene rings is 1.